The molecule has 0 N–H and O–H groups in total. The van der Waals surface area contributed by atoms with E-state index in [9.17, 15) is 4.79 Å². The van der Waals surface area contributed by atoms with Crippen molar-refractivity contribution < 1.29 is 4.79 Å². The van der Waals surface area contributed by atoms with Crippen LogP contribution in [0.25, 0.3) is 0 Å². The Labute approximate surface area is 85.2 Å². The van der Waals surface area contributed by atoms with Gasteiger partial charge in [-0.15, -0.1) is 0 Å². The lowest BCUT2D eigenvalue weighted by molar-refractivity contribution is 0.0988. The van der Waals surface area contributed by atoms with Gasteiger partial charge in [0, 0.05) is 12.0 Å². The third-order valence-corrected chi connectivity index (χ3v) is 1.63. The van der Waals surface area contributed by atoms with E-state index in [1.807, 2.05) is 19.9 Å². The monoisotopic (exact) mass is 189 g/mol. The van der Waals surface area contributed by atoms with Crippen LogP contribution in [0.1, 0.15) is 43.1 Å². The zero-order valence-corrected chi connectivity index (χ0v) is 8.87. The zero-order valence-electron chi connectivity index (χ0n) is 8.87. The Hall–Kier alpha value is -1.62. The van der Waals surface area contributed by atoms with Crippen molar-refractivity contribution in [1.82, 2.24) is 0 Å². The maximum Gasteiger partial charge on any atom is 0.162 e. The molecule has 0 saturated carbocycles. The number of nitrogens with zero attached hydrogens (tertiary/aromatic N) is 1. The third-order valence-electron chi connectivity index (χ3n) is 1.63. The van der Waals surface area contributed by atoms with Crippen molar-refractivity contribution in [3.63, 3.8) is 0 Å². The SMILES string of the molecule is CC.CCC(=O)c1cccc(C#N)c1. The van der Waals surface area contributed by atoms with E-state index in [0.717, 1.165) is 0 Å². The maximum absolute atomic E-state index is 11.2. The van der Waals surface area contributed by atoms with E-state index >= 15 is 0 Å². The first-order chi connectivity index (χ1) is 6.77. The topological polar surface area (TPSA) is 40.9 Å². The van der Waals surface area contributed by atoms with Crippen LogP contribution < -0.4 is 0 Å². The van der Waals surface area contributed by atoms with E-state index in [2.05, 4.69) is 0 Å². The fourth-order valence-electron chi connectivity index (χ4n) is 0.966. The molecule has 2 nitrogen and oxygen atoms in total. The molecule has 0 aliphatic heterocycles. The summed E-state index contributed by atoms with van der Waals surface area (Å²) in [5.74, 6) is 0.0760. The maximum atomic E-state index is 11.2. The molecular formula is C12H15NO. The predicted octanol–water partition coefficient (Wildman–Crippen LogP) is 3.18. The van der Waals surface area contributed by atoms with Gasteiger partial charge in [0.05, 0.1) is 11.6 Å². The molecule has 0 radical (unpaired) electrons. The molecule has 0 unspecified atom stereocenters. The van der Waals surface area contributed by atoms with Crippen LogP contribution >= 0.6 is 0 Å². The molecule has 0 saturated heterocycles. The van der Waals surface area contributed by atoms with Gasteiger partial charge < -0.3 is 0 Å². The molecule has 0 spiro atoms. The van der Waals surface area contributed by atoms with Crippen molar-refractivity contribution in [2.24, 2.45) is 0 Å². The summed E-state index contributed by atoms with van der Waals surface area (Å²) in [7, 11) is 0. The van der Waals surface area contributed by atoms with Gasteiger partial charge in [-0.05, 0) is 12.1 Å². The van der Waals surface area contributed by atoms with Crippen LogP contribution in [0.5, 0.6) is 0 Å². The van der Waals surface area contributed by atoms with E-state index < -0.39 is 0 Å². The number of benzene rings is 1. The molecule has 74 valence electrons. The molecule has 0 aliphatic carbocycles. The molecule has 1 aromatic carbocycles. The molecule has 2 heteroatoms. The molecule has 0 heterocycles. The predicted molar refractivity (Wildman–Crippen MR) is 57.1 cm³/mol. The van der Waals surface area contributed by atoms with Gasteiger partial charge in [-0.3, -0.25) is 4.79 Å². The summed E-state index contributed by atoms with van der Waals surface area (Å²) in [4.78, 5) is 11.2. The summed E-state index contributed by atoms with van der Waals surface area (Å²) in [6, 6.07) is 8.75. The molecule has 0 fully saturated rings. The molecule has 0 bridgehead atoms. The van der Waals surface area contributed by atoms with Crippen molar-refractivity contribution in [2.75, 3.05) is 0 Å². The summed E-state index contributed by atoms with van der Waals surface area (Å²) in [6.45, 7) is 5.81. The number of rotatable bonds is 2. The Morgan fingerprint density at radius 1 is 1.43 bits per heavy atom. The number of nitriles is 1. The highest BCUT2D eigenvalue weighted by atomic mass is 16.1. The summed E-state index contributed by atoms with van der Waals surface area (Å²) in [6.07, 6.45) is 0.481. The van der Waals surface area contributed by atoms with Crippen LogP contribution in [0.3, 0.4) is 0 Å². The molecule has 14 heavy (non-hydrogen) atoms. The average molecular weight is 189 g/mol. The first-order valence-electron chi connectivity index (χ1n) is 4.81. The van der Waals surface area contributed by atoms with Crippen molar-refractivity contribution in [1.29, 1.82) is 5.26 Å². The fraction of sp³-hybridized carbons (Fsp3) is 0.333. The van der Waals surface area contributed by atoms with Crippen molar-refractivity contribution in [2.45, 2.75) is 27.2 Å². The second kappa shape index (κ2) is 6.85. The number of hydrogen-bond donors (Lipinski definition) is 0. The van der Waals surface area contributed by atoms with Crippen molar-refractivity contribution >= 4 is 5.78 Å². The smallest absolute Gasteiger partial charge is 0.162 e. The highest BCUT2D eigenvalue weighted by Crippen LogP contribution is 2.06. The Kier molecular flexibility index (Phi) is 6.06. The van der Waals surface area contributed by atoms with E-state index in [1.54, 1.807) is 31.2 Å². The molecule has 0 aromatic heterocycles. The number of hydrogen-bond acceptors (Lipinski definition) is 2. The van der Waals surface area contributed by atoms with Crippen molar-refractivity contribution in [3.05, 3.63) is 35.4 Å². The largest absolute Gasteiger partial charge is 0.294 e. The van der Waals surface area contributed by atoms with Crippen LogP contribution in [-0.2, 0) is 0 Å². The van der Waals surface area contributed by atoms with Gasteiger partial charge in [0.2, 0.25) is 0 Å². The van der Waals surface area contributed by atoms with Crippen LogP contribution in [0.4, 0.5) is 0 Å². The van der Waals surface area contributed by atoms with Gasteiger partial charge >= 0.3 is 0 Å². The van der Waals surface area contributed by atoms with E-state index in [4.69, 9.17) is 5.26 Å². The fourth-order valence-corrected chi connectivity index (χ4v) is 0.966. The highest BCUT2D eigenvalue weighted by molar-refractivity contribution is 5.96. The molecular weight excluding hydrogens is 174 g/mol. The lowest BCUT2D eigenvalue weighted by Gasteiger charge is -1.96. The first kappa shape index (κ1) is 12.4. The molecule has 0 amide bonds. The van der Waals surface area contributed by atoms with Crippen LogP contribution in [-0.4, -0.2) is 5.78 Å². The molecule has 1 aromatic rings. The minimum atomic E-state index is 0.0760. The Morgan fingerprint density at radius 3 is 2.57 bits per heavy atom. The normalized spacial score (nSPS) is 8.14. The third kappa shape index (κ3) is 3.40. The standard InChI is InChI=1S/C10H9NO.C2H6/c1-2-10(12)9-5-3-4-8(6-9)7-11;1-2/h3-6H,2H2,1H3;1-2H3. The van der Waals surface area contributed by atoms with Gasteiger partial charge in [0.15, 0.2) is 5.78 Å². The molecule has 1 rings (SSSR count). The highest BCUT2D eigenvalue weighted by Gasteiger charge is 2.02. The number of Topliss-reactive ketones (excluding diaryl/α,β-unsaturated/α-hetero) is 1. The summed E-state index contributed by atoms with van der Waals surface area (Å²) >= 11 is 0. The Bertz CT molecular complexity index is 336. The van der Waals surface area contributed by atoms with Gasteiger partial charge in [-0.25, -0.2) is 0 Å². The average Bonchev–Trinajstić information content (AvgIpc) is 2.30. The number of ketones is 1. The van der Waals surface area contributed by atoms with Gasteiger partial charge in [-0.2, -0.15) is 5.26 Å². The molecule has 0 aliphatic rings. The minimum absolute atomic E-state index is 0.0760. The Balaban J connectivity index is 0.000000791. The quantitative estimate of drug-likeness (QED) is 0.670. The summed E-state index contributed by atoms with van der Waals surface area (Å²) in [5, 5.41) is 8.56. The zero-order chi connectivity index (χ0) is 11.0. The van der Waals surface area contributed by atoms with Crippen LogP contribution in [0.15, 0.2) is 24.3 Å². The van der Waals surface area contributed by atoms with E-state index in [-0.39, 0.29) is 5.78 Å². The first-order valence-corrected chi connectivity index (χ1v) is 4.81. The number of carbonyl (C=O) groups excluding carboxylic acids is 1. The van der Waals surface area contributed by atoms with E-state index in [0.29, 0.717) is 17.5 Å². The summed E-state index contributed by atoms with van der Waals surface area (Å²) in [5.41, 5.74) is 1.16. The second-order valence-corrected chi connectivity index (χ2v) is 2.47. The molecule has 0 atom stereocenters. The van der Waals surface area contributed by atoms with Crippen LogP contribution in [0, 0.1) is 11.3 Å². The van der Waals surface area contributed by atoms with E-state index in [1.165, 1.54) is 0 Å². The number of carbonyl (C=O) groups is 1. The van der Waals surface area contributed by atoms with Gasteiger partial charge in [0.1, 0.15) is 0 Å². The Morgan fingerprint density at radius 2 is 2.07 bits per heavy atom. The van der Waals surface area contributed by atoms with Gasteiger partial charge in [0.25, 0.3) is 0 Å². The summed E-state index contributed by atoms with van der Waals surface area (Å²) < 4.78 is 0. The second-order valence-electron chi connectivity index (χ2n) is 2.47. The lowest BCUT2D eigenvalue weighted by Crippen LogP contribution is -1.95. The lowest BCUT2D eigenvalue weighted by atomic mass is 10.1. The van der Waals surface area contributed by atoms with Crippen LogP contribution in [0.2, 0.25) is 0 Å². The van der Waals surface area contributed by atoms with Gasteiger partial charge in [-0.1, -0.05) is 32.9 Å². The van der Waals surface area contributed by atoms with Crippen molar-refractivity contribution in [3.8, 4) is 6.07 Å². The minimum Gasteiger partial charge on any atom is -0.294 e.